The molecule has 0 radical (unpaired) electrons. The maximum absolute atomic E-state index is 12.2. The van der Waals surface area contributed by atoms with Crippen LogP contribution in [0.2, 0.25) is 0 Å². The van der Waals surface area contributed by atoms with Crippen molar-refractivity contribution in [3.8, 4) is 11.5 Å². The van der Waals surface area contributed by atoms with Gasteiger partial charge >= 0.3 is 0 Å². The van der Waals surface area contributed by atoms with Gasteiger partial charge in [-0.05, 0) is 12.1 Å². The first kappa shape index (κ1) is 18.3. The number of anilines is 1. The first-order valence-corrected chi connectivity index (χ1v) is 7.46. The molecule has 0 aliphatic rings. The van der Waals surface area contributed by atoms with Gasteiger partial charge in [-0.25, -0.2) is 4.98 Å². The zero-order valence-corrected chi connectivity index (χ0v) is 13.9. The first-order chi connectivity index (χ1) is 11.9. The van der Waals surface area contributed by atoms with Gasteiger partial charge in [-0.2, -0.15) is 0 Å². The van der Waals surface area contributed by atoms with Crippen LogP contribution >= 0.6 is 0 Å². The fourth-order valence-corrected chi connectivity index (χ4v) is 2.12. The second-order valence-corrected chi connectivity index (χ2v) is 5.35. The predicted molar refractivity (Wildman–Crippen MR) is 90.7 cm³/mol. The Morgan fingerprint density at radius 1 is 1.40 bits per heavy atom. The Balaban J connectivity index is 1.91. The van der Waals surface area contributed by atoms with Crippen molar-refractivity contribution in [1.82, 2.24) is 14.9 Å². The Kier molecular flexibility index (Phi) is 5.96. The minimum absolute atomic E-state index is 0.00279. The molecule has 0 bridgehead atoms. The van der Waals surface area contributed by atoms with Crippen molar-refractivity contribution in [3.63, 3.8) is 0 Å². The summed E-state index contributed by atoms with van der Waals surface area (Å²) in [5.74, 6) is 0.498. The van der Waals surface area contributed by atoms with Crippen LogP contribution in [-0.4, -0.2) is 59.3 Å². The Bertz CT molecular complexity index is 792. The average Bonchev–Trinajstić information content (AvgIpc) is 2.58. The number of nitrogens with two attached hydrogens (primary N) is 1. The number of benzene rings is 1. The summed E-state index contributed by atoms with van der Waals surface area (Å²) in [7, 11) is 3.03. The summed E-state index contributed by atoms with van der Waals surface area (Å²) >= 11 is 0. The van der Waals surface area contributed by atoms with Gasteiger partial charge < -0.3 is 25.2 Å². The molecule has 0 fully saturated rings. The molecule has 9 heteroatoms. The predicted octanol–water partition coefficient (Wildman–Crippen LogP) is -0.127. The number of amides is 1. The fourth-order valence-electron chi connectivity index (χ4n) is 2.12. The molecule has 1 amide bonds. The number of methoxy groups -OCH3 is 1. The molecule has 4 N–H and O–H groups in total. The molecule has 2 rings (SSSR count). The second-order valence-electron chi connectivity index (χ2n) is 5.35. The number of likely N-dealkylation sites (N-methyl/N-ethyl adjacent to an activating group) is 1. The van der Waals surface area contributed by atoms with Gasteiger partial charge in [0.1, 0.15) is 29.9 Å². The van der Waals surface area contributed by atoms with Gasteiger partial charge in [0.25, 0.3) is 11.5 Å². The second kappa shape index (κ2) is 8.15. The van der Waals surface area contributed by atoms with Gasteiger partial charge in [-0.3, -0.25) is 14.6 Å². The number of H-pyrrole nitrogens is 1. The molecule has 0 unspecified atom stereocenters. The Morgan fingerprint density at radius 3 is 2.80 bits per heavy atom. The van der Waals surface area contributed by atoms with E-state index in [4.69, 9.17) is 15.2 Å². The quantitative estimate of drug-likeness (QED) is 0.635. The van der Waals surface area contributed by atoms with E-state index >= 15 is 0 Å². The zero-order valence-electron chi connectivity index (χ0n) is 13.9. The van der Waals surface area contributed by atoms with Crippen LogP contribution in [0.4, 0.5) is 5.95 Å². The number of hydrogen-bond donors (Lipinski definition) is 3. The summed E-state index contributed by atoms with van der Waals surface area (Å²) in [5.41, 5.74) is 4.80. The fraction of sp³-hybridized carbons (Fsp3) is 0.312. The van der Waals surface area contributed by atoms with E-state index in [9.17, 15) is 14.7 Å². The molecule has 0 spiro atoms. The van der Waals surface area contributed by atoms with Crippen LogP contribution in [0.3, 0.4) is 0 Å². The van der Waals surface area contributed by atoms with Crippen molar-refractivity contribution in [2.45, 2.75) is 6.10 Å². The SMILES string of the molecule is COc1cccc(OC[C@@H](O)CN(C)C(=O)c2cc(=O)[nH]c(N)n2)c1. The molecule has 25 heavy (non-hydrogen) atoms. The number of nitrogens with zero attached hydrogens (tertiary/aromatic N) is 2. The molecule has 0 aliphatic heterocycles. The van der Waals surface area contributed by atoms with Crippen molar-refractivity contribution >= 4 is 11.9 Å². The highest BCUT2D eigenvalue weighted by atomic mass is 16.5. The molecule has 134 valence electrons. The molecule has 1 aromatic carbocycles. The van der Waals surface area contributed by atoms with Crippen molar-refractivity contribution in [2.24, 2.45) is 0 Å². The zero-order chi connectivity index (χ0) is 18.4. The van der Waals surface area contributed by atoms with Crippen molar-refractivity contribution in [1.29, 1.82) is 0 Å². The summed E-state index contributed by atoms with van der Waals surface area (Å²) in [6.45, 7) is -0.0209. The lowest BCUT2D eigenvalue weighted by Gasteiger charge is -2.20. The number of carbonyl (C=O) groups is 1. The molecule has 9 nitrogen and oxygen atoms in total. The number of aromatic nitrogens is 2. The van der Waals surface area contributed by atoms with Gasteiger partial charge in [-0.15, -0.1) is 0 Å². The molecule has 1 aromatic heterocycles. The van der Waals surface area contributed by atoms with Gasteiger partial charge in [-0.1, -0.05) is 6.07 Å². The third kappa shape index (κ3) is 5.21. The standard InChI is InChI=1S/C16H20N4O5/c1-20(15(23)13-7-14(22)19-16(17)18-13)8-10(21)9-25-12-5-3-4-11(6-12)24-2/h3-7,10,21H,8-9H2,1-2H3,(H3,17,18,19,22)/t10-/m0/s1. The van der Waals surface area contributed by atoms with Crippen LogP contribution < -0.4 is 20.8 Å². The van der Waals surface area contributed by atoms with Gasteiger partial charge in [0.2, 0.25) is 5.95 Å². The summed E-state index contributed by atoms with van der Waals surface area (Å²) in [4.78, 5) is 30.8. The van der Waals surface area contributed by atoms with E-state index in [0.717, 1.165) is 6.07 Å². The number of aliphatic hydroxyl groups is 1. The number of hydrogen-bond acceptors (Lipinski definition) is 7. The largest absolute Gasteiger partial charge is 0.497 e. The first-order valence-electron chi connectivity index (χ1n) is 7.46. The molecule has 0 saturated heterocycles. The highest BCUT2D eigenvalue weighted by Crippen LogP contribution is 2.18. The third-order valence-electron chi connectivity index (χ3n) is 3.29. The van der Waals surface area contributed by atoms with Crippen LogP contribution in [0.25, 0.3) is 0 Å². The van der Waals surface area contributed by atoms with E-state index in [-0.39, 0.29) is 24.8 Å². The molecule has 1 atom stereocenters. The van der Waals surface area contributed by atoms with E-state index in [1.54, 1.807) is 31.4 Å². The Labute approximate surface area is 144 Å². The van der Waals surface area contributed by atoms with E-state index in [1.807, 2.05) is 0 Å². The summed E-state index contributed by atoms with van der Waals surface area (Å²) in [5, 5.41) is 10.0. The molecule has 2 aromatic rings. The summed E-state index contributed by atoms with van der Waals surface area (Å²) < 4.78 is 10.6. The summed E-state index contributed by atoms with van der Waals surface area (Å²) in [6.07, 6.45) is -0.931. The number of nitrogens with one attached hydrogen (secondary N) is 1. The maximum atomic E-state index is 12.2. The Hall–Kier alpha value is -3.07. The highest BCUT2D eigenvalue weighted by molar-refractivity contribution is 5.92. The molecule has 1 heterocycles. The molecule has 0 saturated carbocycles. The smallest absolute Gasteiger partial charge is 0.272 e. The van der Waals surface area contributed by atoms with Crippen LogP contribution in [0.1, 0.15) is 10.5 Å². The van der Waals surface area contributed by atoms with Crippen LogP contribution in [0.15, 0.2) is 35.1 Å². The number of rotatable bonds is 7. The minimum Gasteiger partial charge on any atom is -0.497 e. The Morgan fingerprint density at radius 2 is 2.12 bits per heavy atom. The van der Waals surface area contributed by atoms with Gasteiger partial charge in [0, 0.05) is 25.7 Å². The van der Waals surface area contributed by atoms with E-state index < -0.39 is 17.6 Å². The highest BCUT2D eigenvalue weighted by Gasteiger charge is 2.18. The summed E-state index contributed by atoms with van der Waals surface area (Å²) in [6, 6.07) is 8.00. The molecular weight excluding hydrogens is 328 g/mol. The average molecular weight is 348 g/mol. The number of aliphatic hydroxyl groups excluding tert-OH is 1. The lowest BCUT2D eigenvalue weighted by molar-refractivity contribution is 0.0559. The third-order valence-corrected chi connectivity index (χ3v) is 3.29. The van der Waals surface area contributed by atoms with Crippen LogP contribution in [0, 0.1) is 0 Å². The molecular formula is C16H20N4O5. The van der Waals surface area contributed by atoms with E-state index in [0.29, 0.717) is 11.5 Å². The van der Waals surface area contributed by atoms with Crippen LogP contribution in [-0.2, 0) is 0 Å². The number of aromatic amines is 1. The van der Waals surface area contributed by atoms with Crippen LogP contribution in [0.5, 0.6) is 11.5 Å². The van der Waals surface area contributed by atoms with Crippen molar-refractivity contribution in [3.05, 3.63) is 46.4 Å². The number of nitrogen functional groups attached to an aromatic ring is 1. The normalized spacial score (nSPS) is 11.6. The number of carbonyl (C=O) groups excluding carboxylic acids is 1. The molecule has 0 aliphatic carbocycles. The van der Waals surface area contributed by atoms with Crippen molar-refractivity contribution < 1.29 is 19.4 Å². The minimum atomic E-state index is -0.931. The van der Waals surface area contributed by atoms with Crippen molar-refractivity contribution in [2.75, 3.05) is 33.0 Å². The number of ether oxygens (including phenoxy) is 2. The van der Waals surface area contributed by atoms with Gasteiger partial charge in [0.05, 0.1) is 7.11 Å². The lowest BCUT2D eigenvalue weighted by Crippen LogP contribution is -2.37. The van der Waals surface area contributed by atoms with Gasteiger partial charge in [0.15, 0.2) is 0 Å². The van der Waals surface area contributed by atoms with E-state index in [2.05, 4.69) is 9.97 Å². The maximum Gasteiger partial charge on any atom is 0.272 e. The monoisotopic (exact) mass is 348 g/mol. The lowest BCUT2D eigenvalue weighted by atomic mass is 10.3. The topological polar surface area (TPSA) is 131 Å². The van der Waals surface area contributed by atoms with E-state index in [1.165, 1.54) is 11.9 Å².